The second-order valence-electron chi connectivity index (χ2n) is 4.99. The molecule has 0 saturated carbocycles. The minimum Gasteiger partial charge on any atom is -0.373 e. The molecule has 1 fully saturated rings. The lowest BCUT2D eigenvalue weighted by atomic mass is 10.2. The van der Waals surface area contributed by atoms with Gasteiger partial charge >= 0.3 is 15.2 Å². The molecule has 0 spiro atoms. The highest BCUT2D eigenvalue weighted by Gasteiger charge is 2.39. The Bertz CT molecular complexity index is 616. The number of rotatable bonds is 10. The number of nitrogens with zero attached hydrogens (tertiary/aromatic N) is 3. The third-order valence-corrected chi connectivity index (χ3v) is 9.80. The summed E-state index contributed by atoms with van der Waals surface area (Å²) in [5.74, 6) is -2.70. The van der Waals surface area contributed by atoms with Crippen molar-refractivity contribution in [2.45, 2.75) is 18.6 Å². The predicted octanol–water partition coefficient (Wildman–Crippen LogP) is 0.993. The van der Waals surface area contributed by atoms with Gasteiger partial charge in [-0.05, 0) is 12.0 Å². The third-order valence-electron chi connectivity index (χ3n) is 2.80. The molecule has 140 valence electrons. The highest BCUT2D eigenvalue weighted by Crippen LogP contribution is 2.63. The fourth-order valence-corrected chi connectivity index (χ4v) is 8.38. The second-order valence-corrected chi connectivity index (χ2v) is 11.8. The quantitative estimate of drug-likeness (QED) is 0.174. The second kappa shape index (κ2) is 8.89. The fraction of sp³-hybridized carbons (Fsp3) is 1.00. The average molecular weight is 409 g/mol. The number of hydrogen-bond donors (Lipinski definition) is 4. The van der Waals surface area contributed by atoms with Gasteiger partial charge in [0.1, 0.15) is 24.6 Å². The van der Waals surface area contributed by atoms with Gasteiger partial charge in [-0.15, -0.1) is 0 Å². The molecule has 4 unspecified atom stereocenters. The van der Waals surface area contributed by atoms with Crippen LogP contribution in [0.25, 0.3) is 10.4 Å². The zero-order chi connectivity index (χ0) is 18.4. The molecule has 0 bridgehead atoms. The van der Waals surface area contributed by atoms with Crippen LogP contribution >= 0.6 is 22.6 Å². The smallest absolute Gasteiger partial charge is 0.337 e. The minimum atomic E-state index is -4.82. The molecule has 4 atom stereocenters. The van der Waals surface area contributed by atoms with Crippen molar-refractivity contribution < 1.29 is 47.3 Å². The molecule has 0 amide bonds. The number of azide groups is 1. The van der Waals surface area contributed by atoms with E-state index in [0.29, 0.717) is 6.42 Å². The van der Waals surface area contributed by atoms with Gasteiger partial charge in [-0.25, -0.2) is 0 Å². The van der Waals surface area contributed by atoms with Gasteiger partial charge in [-0.2, -0.15) is 0 Å². The first-order chi connectivity index (χ1) is 10.9. The summed E-state index contributed by atoms with van der Waals surface area (Å²) in [6.45, 7) is -0.419. The third kappa shape index (κ3) is 8.71. The largest absolute Gasteiger partial charge is 0.373 e. The summed E-state index contributed by atoms with van der Waals surface area (Å²) in [6, 6.07) is 0. The topological polar surface area (TPSA) is 209 Å². The Morgan fingerprint density at radius 1 is 1.21 bits per heavy atom. The van der Waals surface area contributed by atoms with Crippen molar-refractivity contribution in [1.29, 1.82) is 0 Å². The lowest BCUT2D eigenvalue weighted by molar-refractivity contribution is -0.0276. The SMILES string of the molecule is [N-]=[N+]=NCOC1CCOC1COP(=O)(O)CP(=O)(O)CP(=O)(O)O. The van der Waals surface area contributed by atoms with Crippen LogP contribution in [0, 0.1) is 0 Å². The molecule has 4 N–H and O–H groups in total. The van der Waals surface area contributed by atoms with E-state index in [2.05, 4.69) is 10.0 Å². The fourth-order valence-electron chi connectivity index (χ4n) is 1.97. The van der Waals surface area contributed by atoms with Crippen LogP contribution in [-0.4, -0.2) is 63.5 Å². The van der Waals surface area contributed by atoms with E-state index in [1.54, 1.807) is 0 Å². The van der Waals surface area contributed by atoms with Gasteiger partial charge in [0.05, 0.1) is 12.7 Å². The van der Waals surface area contributed by atoms with Gasteiger partial charge in [0.2, 0.25) is 7.37 Å². The summed E-state index contributed by atoms with van der Waals surface area (Å²) >= 11 is 0. The van der Waals surface area contributed by atoms with Crippen LogP contribution in [0.2, 0.25) is 0 Å². The molecule has 0 aromatic carbocycles. The van der Waals surface area contributed by atoms with Crippen molar-refractivity contribution in [3.05, 3.63) is 10.4 Å². The molecular formula is C8H18N3O10P3. The molecule has 0 aromatic rings. The van der Waals surface area contributed by atoms with Gasteiger partial charge in [-0.1, -0.05) is 5.11 Å². The Kier molecular flexibility index (Phi) is 8.06. The summed E-state index contributed by atoms with van der Waals surface area (Å²) in [7, 11) is -14.0. The normalized spacial score (nSPS) is 26.3. The van der Waals surface area contributed by atoms with Crippen LogP contribution in [0.5, 0.6) is 0 Å². The predicted molar refractivity (Wildman–Crippen MR) is 80.6 cm³/mol. The van der Waals surface area contributed by atoms with Gasteiger partial charge in [0, 0.05) is 11.5 Å². The Labute approximate surface area is 136 Å². The van der Waals surface area contributed by atoms with Gasteiger partial charge in [0.15, 0.2) is 0 Å². The first kappa shape index (κ1) is 21.8. The maximum Gasteiger partial charge on any atom is 0.337 e. The lowest BCUT2D eigenvalue weighted by Crippen LogP contribution is -2.29. The monoisotopic (exact) mass is 409 g/mol. The van der Waals surface area contributed by atoms with Crippen molar-refractivity contribution in [2.75, 3.05) is 31.8 Å². The Morgan fingerprint density at radius 3 is 2.46 bits per heavy atom. The molecule has 1 aliphatic heterocycles. The van der Waals surface area contributed by atoms with Gasteiger partial charge in [0.25, 0.3) is 0 Å². The van der Waals surface area contributed by atoms with Crippen molar-refractivity contribution in [1.82, 2.24) is 0 Å². The molecule has 0 aliphatic carbocycles. The Morgan fingerprint density at radius 2 is 1.88 bits per heavy atom. The van der Waals surface area contributed by atoms with E-state index in [-0.39, 0.29) is 13.3 Å². The molecule has 13 nitrogen and oxygen atoms in total. The van der Waals surface area contributed by atoms with E-state index in [0.717, 1.165) is 0 Å². The van der Waals surface area contributed by atoms with Crippen molar-refractivity contribution in [3.8, 4) is 0 Å². The molecule has 1 heterocycles. The first-order valence-corrected chi connectivity index (χ1v) is 12.1. The van der Waals surface area contributed by atoms with E-state index in [4.69, 9.17) is 29.3 Å². The van der Waals surface area contributed by atoms with Crippen LogP contribution in [0.1, 0.15) is 6.42 Å². The van der Waals surface area contributed by atoms with Crippen LogP contribution in [0.3, 0.4) is 0 Å². The molecule has 1 rings (SSSR count). The molecule has 1 aliphatic rings. The molecular weight excluding hydrogens is 391 g/mol. The van der Waals surface area contributed by atoms with Gasteiger partial charge < -0.3 is 33.6 Å². The standard InChI is InChI=1S/C8H18N3O10P3/c9-11-10-4-20-7-1-2-19-8(7)3-21-24(17,18)6-22(12,13)5-23(14,15)16/h7-8H,1-6H2,(H,12,13)(H,17,18)(H2,14,15,16). The molecule has 16 heteroatoms. The molecule has 0 radical (unpaired) electrons. The summed E-state index contributed by atoms with van der Waals surface area (Å²) in [4.78, 5) is 38.9. The van der Waals surface area contributed by atoms with Crippen LogP contribution in [0.4, 0.5) is 0 Å². The Balaban J connectivity index is 2.55. The maximum absolute atomic E-state index is 11.8. The van der Waals surface area contributed by atoms with E-state index < -0.39 is 53.2 Å². The molecule has 24 heavy (non-hydrogen) atoms. The summed E-state index contributed by atoms with van der Waals surface area (Å²) in [5, 5.41) is 3.18. The highest BCUT2D eigenvalue weighted by atomic mass is 31.3. The van der Waals surface area contributed by atoms with Crippen molar-refractivity contribution in [2.24, 2.45) is 5.11 Å². The van der Waals surface area contributed by atoms with Crippen molar-refractivity contribution >= 4 is 22.6 Å². The molecule has 0 aromatic heterocycles. The zero-order valence-electron chi connectivity index (χ0n) is 12.3. The first-order valence-electron chi connectivity index (χ1n) is 6.50. The van der Waals surface area contributed by atoms with Crippen LogP contribution < -0.4 is 0 Å². The van der Waals surface area contributed by atoms with E-state index in [1.165, 1.54) is 0 Å². The molecule has 1 saturated heterocycles. The number of ether oxygens (including phenoxy) is 2. The van der Waals surface area contributed by atoms with Crippen LogP contribution in [0.15, 0.2) is 5.11 Å². The lowest BCUT2D eigenvalue weighted by Gasteiger charge is -2.21. The van der Waals surface area contributed by atoms with Crippen molar-refractivity contribution in [3.63, 3.8) is 0 Å². The zero-order valence-corrected chi connectivity index (χ0v) is 15.0. The minimum absolute atomic E-state index is 0.258. The number of hydrogen-bond acceptors (Lipinski definition) is 7. The maximum atomic E-state index is 11.8. The van der Waals surface area contributed by atoms with E-state index in [1.807, 2.05) is 0 Å². The van der Waals surface area contributed by atoms with Gasteiger partial charge in [-0.3, -0.25) is 13.7 Å². The highest BCUT2D eigenvalue weighted by molar-refractivity contribution is 7.79. The Hall–Kier alpha value is -0.280. The summed E-state index contributed by atoms with van der Waals surface area (Å²) in [5.41, 5.74) is 8.15. The summed E-state index contributed by atoms with van der Waals surface area (Å²) < 4.78 is 49.3. The average Bonchev–Trinajstić information content (AvgIpc) is 2.80. The van der Waals surface area contributed by atoms with E-state index in [9.17, 15) is 23.5 Å². The van der Waals surface area contributed by atoms with Crippen LogP contribution in [-0.2, 0) is 27.7 Å². The summed E-state index contributed by atoms with van der Waals surface area (Å²) in [6.07, 6.45) is -0.868. The van der Waals surface area contributed by atoms with E-state index >= 15 is 0 Å².